The van der Waals surface area contributed by atoms with E-state index in [1.807, 2.05) is 44.2 Å². The minimum absolute atomic E-state index is 0. The fourth-order valence-electron chi connectivity index (χ4n) is 2.16. The molecule has 2 aromatic rings. The maximum absolute atomic E-state index is 12.1. The molecule has 0 bridgehead atoms. The summed E-state index contributed by atoms with van der Waals surface area (Å²) in [5.74, 6) is 0.440. The van der Waals surface area contributed by atoms with Crippen LogP contribution in [0, 0.1) is 0 Å². The summed E-state index contributed by atoms with van der Waals surface area (Å²) in [6, 6.07) is 14.4. The van der Waals surface area contributed by atoms with Crippen LogP contribution >= 0.6 is 24.0 Å². The van der Waals surface area contributed by atoms with Crippen LogP contribution in [-0.2, 0) is 4.79 Å². The monoisotopic (exact) mass is 368 g/mol. The first-order chi connectivity index (χ1) is 11.0. The molecule has 0 aliphatic rings. The molecule has 0 fully saturated rings. The lowest BCUT2D eigenvalue weighted by Crippen LogP contribution is -2.20. The van der Waals surface area contributed by atoms with Crippen molar-refractivity contribution >= 4 is 35.6 Å². The fraction of sp³-hybridized carbons (Fsp3) is 0.278. The molecule has 0 saturated heterocycles. The normalized spacial score (nSPS) is 11.5. The van der Waals surface area contributed by atoms with Gasteiger partial charge in [0.15, 0.2) is 0 Å². The number of ether oxygens (including phenoxy) is 1. The number of amides is 1. The molecule has 1 unspecified atom stereocenters. The molecular formula is C18H22Cl2N2O2. The number of hydrogen-bond acceptors (Lipinski definition) is 3. The van der Waals surface area contributed by atoms with Crippen LogP contribution in [0.1, 0.15) is 31.9 Å². The molecule has 1 amide bonds. The van der Waals surface area contributed by atoms with Gasteiger partial charge in [-0.3, -0.25) is 4.79 Å². The number of carbonyl (C=O) groups is 1. The second kappa shape index (κ2) is 9.52. The van der Waals surface area contributed by atoms with E-state index in [0.29, 0.717) is 16.5 Å². The van der Waals surface area contributed by atoms with E-state index in [4.69, 9.17) is 22.1 Å². The van der Waals surface area contributed by atoms with Crippen molar-refractivity contribution < 1.29 is 9.53 Å². The molecule has 0 spiro atoms. The van der Waals surface area contributed by atoms with E-state index in [1.165, 1.54) is 0 Å². The van der Waals surface area contributed by atoms with Crippen molar-refractivity contribution in [2.24, 2.45) is 5.73 Å². The molecule has 2 rings (SSSR count). The zero-order valence-electron chi connectivity index (χ0n) is 13.7. The highest BCUT2D eigenvalue weighted by Crippen LogP contribution is 2.28. The zero-order valence-corrected chi connectivity index (χ0v) is 15.2. The molecule has 0 saturated carbocycles. The quantitative estimate of drug-likeness (QED) is 0.784. The predicted molar refractivity (Wildman–Crippen MR) is 101 cm³/mol. The second-order valence-electron chi connectivity index (χ2n) is 5.58. The highest BCUT2D eigenvalue weighted by atomic mass is 35.5. The maximum Gasteiger partial charge on any atom is 0.226 e. The van der Waals surface area contributed by atoms with E-state index in [1.54, 1.807) is 18.2 Å². The van der Waals surface area contributed by atoms with Gasteiger partial charge in [-0.05, 0) is 37.6 Å². The number of carbonyl (C=O) groups excluding carboxylic acids is 1. The summed E-state index contributed by atoms with van der Waals surface area (Å²) in [7, 11) is 0. The number of halogens is 2. The Hall–Kier alpha value is -1.75. The van der Waals surface area contributed by atoms with Gasteiger partial charge in [-0.25, -0.2) is 0 Å². The average Bonchev–Trinajstić information content (AvgIpc) is 2.50. The highest BCUT2D eigenvalue weighted by Gasteiger charge is 2.12. The molecule has 4 nitrogen and oxygen atoms in total. The molecule has 1 atom stereocenters. The number of anilines is 1. The van der Waals surface area contributed by atoms with E-state index < -0.39 is 0 Å². The van der Waals surface area contributed by atoms with Gasteiger partial charge in [0.1, 0.15) is 5.75 Å². The average molecular weight is 369 g/mol. The van der Waals surface area contributed by atoms with Crippen LogP contribution in [0.3, 0.4) is 0 Å². The molecule has 2 aromatic carbocycles. The van der Waals surface area contributed by atoms with Gasteiger partial charge >= 0.3 is 0 Å². The Morgan fingerprint density at radius 1 is 1.21 bits per heavy atom. The topological polar surface area (TPSA) is 64.3 Å². The molecule has 0 aromatic heterocycles. The summed E-state index contributed by atoms with van der Waals surface area (Å²) in [5, 5.41) is 3.27. The summed E-state index contributed by atoms with van der Waals surface area (Å²) < 4.78 is 5.56. The minimum atomic E-state index is -0.338. The number of benzene rings is 2. The van der Waals surface area contributed by atoms with Crippen molar-refractivity contribution in [3.63, 3.8) is 0 Å². The largest absolute Gasteiger partial charge is 0.489 e. The van der Waals surface area contributed by atoms with Gasteiger partial charge in [-0.2, -0.15) is 0 Å². The third-order valence-electron chi connectivity index (χ3n) is 3.21. The minimum Gasteiger partial charge on any atom is -0.489 e. The Labute approximate surface area is 153 Å². The van der Waals surface area contributed by atoms with Crippen molar-refractivity contribution in [3.8, 4) is 5.75 Å². The first kappa shape index (κ1) is 20.3. The lowest BCUT2D eigenvalue weighted by atomic mass is 10.0. The lowest BCUT2D eigenvalue weighted by Gasteiger charge is -2.14. The Kier molecular flexibility index (Phi) is 8.05. The summed E-state index contributed by atoms with van der Waals surface area (Å²) in [6.07, 6.45) is 0.239. The summed E-state index contributed by atoms with van der Waals surface area (Å²) in [6.45, 7) is 3.86. The number of nitrogens with one attached hydrogen (secondary N) is 1. The molecule has 24 heavy (non-hydrogen) atoms. The number of rotatable bonds is 6. The zero-order chi connectivity index (χ0) is 16.8. The summed E-state index contributed by atoms with van der Waals surface area (Å²) >= 11 is 6.16. The van der Waals surface area contributed by atoms with Gasteiger partial charge in [-0.1, -0.05) is 41.9 Å². The standard InChI is InChI=1S/C18H21ClN2O2.ClH/c1-12(2)23-17-9-8-14(10-15(17)19)21-18(22)11-16(20)13-6-4-3-5-7-13;/h3-10,12,16H,11,20H2,1-2H3,(H,21,22);1H. The first-order valence-electron chi connectivity index (χ1n) is 7.52. The third kappa shape index (κ3) is 6.04. The van der Waals surface area contributed by atoms with Gasteiger partial charge < -0.3 is 15.8 Å². The number of nitrogens with two attached hydrogens (primary N) is 1. The van der Waals surface area contributed by atoms with E-state index >= 15 is 0 Å². The maximum atomic E-state index is 12.1. The van der Waals surface area contributed by atoms with E-state index in [9.17, 15) is 4.79 Å². The number of hydrogen-bond donors (Lipinski definition) is 2. The SMILES string of the molecule is CC(C)Oc1ccc(NC(=O)CC(N)c2ccccc2)cc1Cl.Cl. The van der Waals surface area contributed by atoms with Crippen LogP contribution < -0.4 is 15.8 Å². The second-order valence-corrected chi connectivity index (χ2v) is 5.99. The first-order valence-corrected chi connectivity index (χ1v) is 7.90. The Morgan fingerprint density at radius 2 is 1.88 bits per heavy atom. The summed E-state index contributed by atoms with van der Waals surface area (Å²) in [4.78, 5) is 12.1. The Bertz CT molecular complexity index is 663. The lowest BCUT2D eigenvalue weighted by molar-refractivity contribution is -0.116. The molecule has 0 heterocycles. The van der Waals surface area contributed by atoms with Crippen molar-refractivity contribution in [1.29, 1.82) is 0 Å². The molecular weight excluding hydrogens is 347 g/mol. The van der Waals surface area contributed by atoms with Crippen molar-refractivity contribution in [2.75, 3.05) is 5.32 Å². The molecule has 3 N–H and O–H groups in total. The fourth-order valence-corrected chi connectivity index (χ4v) is 2.38. The molecule has 130 valence electrons. The molecule has 0 radical (unpaired) electrons. The van der Waals surface area contributed by atoms with Gasteiger partial charge in [0.05, 0.1) is 11.1 Å². The van der Waals surface area contributed by atoms with E-state index in [2.05, 4.69) is 5.32 Å². The third-order valence-corrected chi connectivity index (χ3v) is 3.51. The predicted octanol–water partition coefficient (Wildman–Crippen LogP) is 4.58. The molecule has 0 aliphatic heterocycles. The van der Waals surface area contributed by atoms with E-state index in [0.717, 1.165) is 5.56 Å². The van der Waals surface area contributed by atoms with Crippen LogP contribution in [0.5, 0.6) is 5.75 Å². The van der Waals surface area contributed by atoms with Gasteiger partial charge in [-0.15, -0.1) is 12.4 Å². The Morgan fingerprint density at radius 3 is 2.46 bits per heavy atom. The van der Waals surface area contributed by atoms with Crippen LogP contribution in [0.2, 0.25) is 5.02 Å². The highest BCUT2D eigenvalue weighted by molar-refractivity contribution is 6.32. The van der Waals surface area contributed by atoms with Gasteiger partial charge in [0.2, 0.25) is 5.91 Å². The van der Waals surface area contributed by atoms with Gasteiger partial charge in [0.25, 0.3) is 0 Å². The van der Waals surface area contributed by atoms with Crippen LogP contribution in [-0.4, -0.2) is 12.0 Å². The smallest absolute Gasteiger partial charge is 0.226 e. The van der Waals surface area contributed by atoms with E-state index in [-0.39, 0.29) is 36.9 Å². The van der Waals surface area contributed by atoms with Crippen molar-refractivity contribution in [1.82, 2.24) is 0 Å². The molecule has 0 aliphatic carbocycles. The summed E-state index contributed by atoms with van der Waals surface area (Å²) in [5.41, 5.74) is 7.60. The van der Waals surface area contributed by atoms with Crippen LogP contribution in [0.4, 0.5) is 5.69 Å². The van der Waals surface area contributed by atoms with Crippen molar-refractivity contribution in [3.05, 3.63) is 59.1 Å². The molecule has 6 heteroatoms. The Balaban J connectivity index is 0.00000288. The van der Waals surface area contributed by atoms with Crippen molar-refractivity contribution in [2.45, 2.75) is 32.4 Å². The van der Waals surface area contributed by atoms with Crippen LogP contribution in [0.25, 0.3) is 0 Å². The van der Waals surface area contributed by atoms with Crippen LogP contribution in [0.15, 0.2) is 48.5 Å². The van der Waals surface area contributed by atoms with Gasteiger partial charge in [0, 0.05) is 18.2 Å².